The molecule has 1 atom stereocenters. The van der Waals surface area contributed by atoms with Gasteiger partial charge in [0.25, 0.3) is 0 Å². The van der Waals surface area contributed by atoms with Crippen molar-refractivity contribution in [2.24, 2.45) is 0 Å². The Balaban J connectivity index is 1.57. The van der Waals surface area contributed by atoms with Gasteiger partial charge in [-0.05, 0) is 66.1 Å². The van der Waals surface area contributed by atoms with Crippen molar-refractivity contribution in [2.45, 2.75) is 36.3 Å². The van der Waals surface area contributed by atoms with Crippen LogP contribution in [-0.2, 0) is 17.6 Å². The van der Waals surface area contributed by atoms with Crippen molar-refractivity contribution in [3.05, 3.63) is 70.7 Å². The third-order valence-electron chi connectivity index (χ3n) is 4.89. The molecule has 1 aliphatic rings. The van der Waals surface area contributed by atoms with Gasteiger partial charge >= 0.3 is 0 Å². The molecule has 0 saturated heterocycles. The molecule has 0 bridgehead atoms. The molecule has 0 radical (unpaired) electrons. The van der Waals surface area contributed by atoms with Crippen LogP contribution in [0, 0.1) is 0 Å². The molecule has 4 rings (SSSR count). The molecule has 26 heavy (non-hydrogen) atoms. The summed E-state index contributed by atoms with van der Waals surface area (Å²) in [7, 11) is 0. The van der Waals surface area contributed by atoms with Gasteiger partial charge < -0.3 is 5.32 Å². The molecule has 0 saturated carbocycles. The Hall–Kier alpha value is -1.97. The Morgan fingerprint density at radius 1 is 1.08 bits per heavy atom. The largest absolute Gasteiger partial charge is 0.325 e. The molecular weight excluding hydrogens is 362 g/mol. The molecule has 2 nitrogen and oxygen atoms in total. The summed E-state index contributed by atoms with van der Waals surface area (Å²) in [4.78, 5) is 13.9. The number of benzene rings is 3. The van der Waals surface area contributed by atoms with E-state index in [1.807, 2.05) is 37.3 Å². The minimum atomic E-state index is -0.140. The molecule has 0 unspecified atom stereocenters. The lowest BCUT2D eigenvalue weighted by atomic mass is 10.0. The molecule has 0 aliphatic heterocycles. The monoisotopic (exact) mass is 381 g/mol. The maximum Gasteiger partial charge on any atom is 0.237 e. The van der Waals surface area contributed by atoms with E-state index in [1.165, 1.54) is 16.5 Å². The highest BCUT2D eigenvalue weighted by atomic mass is 35.5. The number of nitrogens with one attached hydrogen (secondary N) is 1. The summed E-state index contributed by atoms with van der Waals surface area (Å²) < 4.78 is 0. The average Bonchev–Trinajstić information content (AvgIpc) is 3.08. The van der Waals surface area contributed by atoms with Crippen molar-refractivity contribution in [3.8, 4) is 0 Å². The summed E-state index contributed by atoms with van der Waals surface area (Å²) in [5.41, 5.74) is 3.68. The molecule has 0 fully saturated rings. The van der Waals surface area contributed by atoms with Gasteiger partial charge in [-0.1, -0.05) is 42.8 Å². The molecule has 0 aromatic heterocycles. The quantitative estimate of drug-likeness (QED) is 0.541. The third-order valence-corrected chi connectivity index (χ3v) is 6.52. The summed E-state index contributed by atoms with van der Waals surface area (Å²) in [6.45, 7) is 2.04. The minimum absolute atomic E-state index is 0.0474. The van der Waals surface area contributed by atoms with Crippen molar-refractivity contribution in [2.75, 3.05) is 5.32 Å². The number of rotatable bonds is 5. The fourth-order valence-electron chi connectivity index (χ4n) is 3.57. The first-order valence-electron chi connectivity index (χ1n) is 8.92. The van der Waals surface area contributed by atoms with Gasteiger partial charge in [0.2, 0.25) is 5.91 Å². The summed E-state index contributed by atoms with van der Waals surface area (Å²) in [5.74, 6) is 0.0474. The van der Waals surface area contributed by atoms with Crippen molar-refractivity contribution < 1.29 is 4.79 Å². The van der Waals surface area contributed by atoms with Gasteiger partial charge in [0.1, 0.15) is 0 Å². The number of amides is 1. The Bertz CT molecular complexity index is 958. The molecule has 132 valence electrons. The predicted molar refractivity (Wildman–Crippen MR) is 111 cm³/mol. The first kappa shape index (κ1) is 17.4. The molecule has 0 heterocycles. The number of carbonyl (C=O) groups excluding carboxylic acids is 1. The number of anilines is 1. The van der Waals surface area contributed by atoms with Gasteiger partial charge in [0, 0.05) is 21.0 Å². The lowest BCUT2D eigenvalue weighted by Crippen LogP contribution is -2.24. The van der Waals surface area contributed by atoms with E-state index in [2.05, 4.69) is 29.6 Å². The van der Waals surface area contributed by atoms with Crippen LogP contribution in [0.1, 0.15) is 24.5 Å². The van der Waals surface area contributed by atoms with Crippen LogP contribution in [-0.4, -0.2) is 11.2 Å². The zero-order chi connectivity index (χ0) is 18.1. The number of halogens is 1. The smallest absolute Gasteiger partial charge is 0.237 e. The maximum absolute atomic E-state index is 12.9. The highest BCUT2D eigenvalue weighted by molar-refractivity contribution is 8.00. The van der Waals surface area contributed by atoms with E-state index in [0.29, 0.717) is 5.02 Å². The molecule has 1 aliphatic carbocycles. The summed E-state index contributed by atoms with van der Waals surface area (Å²) in [6.07, 6.45) is 2.95. The van der Waals surface area contributed by atoms with Crippen LogP contribution in [0.25, 0.3) is 10.8 Å². The summed E-state index contributed by atoms with van der Waals surface area (Å²) >= 11 is 7.53. The number of aryl methyl sites for hydroxylation is 2. The normalized spacial score (nSPS) is 13.8. The van der Waals surface area contributed by atoms with Crippen molar-refractivity contribution >= 4 is 45.7 Å². The minimum Gasteiger partial charge on any atom is -0.325 e. The van der Waals surface area contributed by atoms with Crippen molar-refractivity contribution in [3.63, 3.8) is 0 Å². The van der Waals surface area contributed by atoms with E-state index in [9.17, 15) is 4.79 Å². The Morgan fingerprint density at radius 3 is 2.54 bits per heavy atom. The number of thioether (sulfide) groups is 1. The van der Waals surface area contributed by atoms with Crippen LogP contribution in [0.3, 0.4) is 0 Å². The Kier molecular flexibility index (Phi) is 4.92. The van der Waals surface area contributed by atoms with E-state index < -0.39 is 0 Å². The van der Waals surface area contributed by atoms with Gasteiger partial charge in [0.05, 0.1) is 5.25 Å². The fourth-order valence-corrected chi connectivity index (χ4v) is 4.65. The molecular formula is C22H20ClNOS. The molecule has 0 spiro atoms. The molecule has 1 N–H and O–H groups in total. The lowest BCUT2D eigenvalue weighted by Gasteiger charge is -2.16. The lowest BCUT2D eigenvalue weighted by molar-refractivity contribution is -0.115. The van der Waals surface area contributed by atoms with Gasteiger partial charge in [-0.2, -0.15) is 0 Å². The van der Waals surface area contributed by atoms with E-state index in [1.54, 1.807) is 11.8 Å². The maximum atomic E-state index is 12.9. The van der Waals surface area contributed by atoms with Crippen LogP contribution < -0.4 is 5.32 Å². The zero-order valence-electron chi connectivity index (χ0n) is 14.6. The van der Waals surface area contributed by atoms with Crippen LogP contribution in [0.4, 0.5) is 5.69 Å². The third kappa shape index (κ3) is 3.34. The van der Waals surface area contributed by atoms with Crippen molar-refractivity contribution in [1.29, 1.82) is 0 Å². The zero-order valence-corrected chi connectivity index (χ0v) is 16.2. The second-order valence-electron chi connectivity index (χ2n) is 6.57. The highest BCUT2D eigenvalue weighted by Gasteiger charge is 2.21. The predicted octanol–water partition coefficient (Wildman–Crippen LogP) is 6.10. The van der Waals surface area contributed by atoms with Crippen LogP contribution in [0.2, 0.25) is 5.02 Å². The van der Waals surface area contributed by atoms with Crippen LogP contribution in [0.15, 0.2) is 59.5 Å². The number of carbonyl (C=O) groups is 1. The van der Waals surface area contributed by atoms with Gasteiger partial charge in [-0.15, -0.1) is 11.8 Å². The summed E-state index contributed by atoms with van der Waals surface area (Å²) in [6, 6.07) is 18.2. The Labute approximate surface area is 162 Å². The molecule has 3 aromatic rings. The van der Waals surface area contributed by atoms with E-state index in [0.717, 1.165) is 35.2 Å². The topological polar surface area (TPSA) is 29.1 Å². The fraction of sp³-hybridized carbons (Fsp3) is 0.227. The van der Waals surface area contributed by atoms with E-state index in [4.69, 9.17) is 11.6 Å². The molecule has 3 aromatic carbocycles. The highest BCUT2D eigenvalue weighted by Crippen LogP contribution is 2.35. The first-order chi connectivity index (χ1) is 12.7. The van der Waals surface area contributed by atoms with Crippen LogP contribution >= 0.6 is 23.4 Å². The van der Waals surface area contributed by atoms with Gasteiger partial charge in [-0.3, -0.25) is 4.79 Å². The first-order valence-corrected chi connectivity index (χ1v) is 10.2. The molecule has 1 amide bonds. The van der Waals surface area contributed by atoms with E-state index >= 15 is 0 Å². The Morgan fingerprint density at radius 2 is 1.81 bits per heavy atom. The van der Waals surface area contributed by atoms with Gasteiger partial charge in [0.15, 0.2) is 0 Å². The SMILES string of the molecule is CC[C@H](Sc1ccc(Cl)cc1)C(=O)Nc1ccc2c3c(cccc13)CC2. The van der Waals surface area contributed by atoms with Gasteiger partial charge in [-0.25, -0.2) is 0 Å². The number of hydrogen-bond donors (Lipinski definition) is 1. The van der Waals surface area contributed by atoms with Crippen molar-refractivity contribution in [1.82, 2.24) is 0 Å². The standard InChI is InChI=1S/C22H20ClNOS/c1-2-20(26-17-11-9-16(23)10-12-17)22(25)24-19-13-8-15-7-6-14-4-3-5-18(19)21(14)15/h3-5,8-13,20H,2,6-7H2,1H3,(H,24,25)/t20-/m0/s1. The number of hydrogen-bond acceptors (Lipinski definition) is 2. The summed E-state index contributed by atoms with van der Waals surface area (Å²) in [5, 5.41) is 6.21. The van der Waals surface area contributed by atoms with E-state index in [-0.39, 0.29) is 11.2 Å². The second kappa shape index (κ2) is 7.34. The molecule has 4 heteroatoms. The van der Waals surface area contributed by atoms with Crippen LogP contribution in [0.5, 0.6) is 0 Å². The second-order valence-corrected chi connectivity index (χ2v) is 8.28. The average molecular weight is 382 g/mol.